The Morgan fingerprint density at radius 1 is 0.962 bits per heavy atom. The van der Waals surface area contributed by atoms with E-state index in [1.165, 1.54) is 18.4 Å². The molecular formula is C39H49N7O6S. The van der Waals surface area contributed by atoms with Crippen molar-refractivity contribution in [3.63, 3.8) is 0 Å². The molecule has 1 fully saturated rings. The summed E-state index contributed by atoms with van der Waals surface area (Å²) in [7, 11) is -0.645. The summed E-state index contributed by atoms with van der Waals surface area (Å²) >= 11 is 0. The number of rotatable bonds is 13. The third-order valence-electron chi connectivity index (χ3n) is 9.52. The van der Waals surface area contributed by atoms with Gasteiger partial charge in [0.25, 0.3) is 0 Å². The van der Waals surface area contributed by atoms with E-state index in [2.05, 4.69) is 31.3 Å². The maximum Gasteiger partial charge on any atom is 0.407 e. The number of nitrogens with one attached hydrogen (secondary N) is 3. The first-order chi connectivity index (χ1) is 25.1. The number of Topliss-reactive ketones (excluding diaryl/α,β-unsaturated/α-hetero) is 1. The first kappa shape index (κ1) is 39.3. The van der Waals surface area contributed by atoms with Gasteiger partial charge < -0.3 is 15.4 Å². The van der Waals surface area contributed by atoms with Gasteiger partial charge in [-0.15, -0.1) is 10.2 Å². The fourth-order valence-electron chi connectivity index (χ4n) is 6.56. The maximum atomic E-state index is 14.0. The fourth-order valence-corrected chi connectivity index (χ4v) is 7.49. The number of anilines is 1. The predicted molar refractivity (Wildman–Crippen MR) is 202 cm³/mol. The molecule has 0 saturated heterocycles. The van der Waals surface area contributed by atoms with Crippen LogP contribution in [0, 0.1) is 24.7 Å². The van der Waals surface area contributed by atoms with Gasteiger partial charge in [-0.05, 0) is 130 Å². The third-order valence-corrected chi connectivity index (χ3v) is 11.3. The van der Waals surface area contributed by atoms with E-state index in [1.54, 1.807) is 42.5 Å². The van der Waals surface area contributed by atoms with Crippen molar-refractivity contribution in [1.82, 2.24) is 30.2 Å². The van der Waals surface area contributed by atoms with Crippen molar-refractivity contribution >= 4 is 33.5 Å². The molecule has 2 amide bonds. The number of aromatic nitrogens is 4. The molecule has 1 atom stereocenters. The van der Waals surface area contributed by atoms with Crippen LogP contribution in [-0.2, 0) is 30.8 Å². The fraction of sp³-hybridized carbons (Fsp3) is 0.436. The number of aryl methyl sites for hydroxylation is 1. The number of ketones is 1. The summed E-state index contributed by atoms with van der Waals surface area (Å²) in [5.74, 6) is -0.387. The van der Waals surface area contributed by atoms with Gasteiger partial charge in [0.2, 0.25) is 21.8 Å². The highest BCUT2D eigenvalue weighted by molar-refractivity contribution is 7.89. The number of benzene rings is 3. The monoisotopic (exact) mass is 743 g/mol. The predicted octanol–water partition coefficient (Wildman–Crippen LogP) is 6.18. The van der Waals surface area contributed by atoms with Crippen LogP contribution in [0.15, 0.2) is 71.6 Å². The molecule has 0 unspecified atom stereocenters. The number of nitrogens with zero attached hydrogens (tertiary/aromatic N) is 4. The van der Waals surface area contributed by atoms with Gasteiger partial charge in [-0.2, -0.15) is 5.21 Å². The molecule has 1 heterocycles. The van der Waals surface area contributed by atoms with Gasteiger partial charge in [0.05, 0.1) is 4.90 Å². The maximum absolute atomic E-state index is 14.0. The number of tetrazole rings is 1. The number of H-pyrrole nitrogens is 1. The van der Waals surface area contributed by atoms with Gasteiger partial charge in [0.1, 0.15) is 11.4 Å². The number of hydrogen-bond donors (Lipinski definition) is 3. The lowest BCUT2D eigenvalue weighted by molar-refractivity contribution is -0.129. The van der Waals surface area contributed by atoms with Crippen molar-refractivity contribution < 1.29 is 27.5 Å². The lowest BCUT2D eigenvalue weighted by atomic mass is 9.77. The SMILES string of the molecule is Cc1ccc(S(=O)(=O)N(C)C)cc1-c1cccc(C[C@H](CC(=O)C2CCC(CNC(=O)OC(C)(C)C)CC2)C(=O)Nc2ccc(-c3nn[nH]n3)cc2)c1. The molecule has 4 aromatic rings. The molecule has 14 heteroatoms. The molecule has 1 aliphatic rings. The Balaban J connectivity index is 1.32. The Hall–Kier alpha value is -4.95. The Morgan fingerprint density at radius 2 is 1.68 bits per heavy atom. The Bertz CT molecular complexity index is 2000. The summed E-state index contributed by atoms with van der Waals surface area (Å²) in [6, 6.07) is 19.8. The molecule has 1 aromatic heterocycles. The summed E-state index contributed by atoms with van der Waals surface area (Å²) in [6.07, 6.45) is 2.88. The minimum atomic E-state index is -3.64. The molecule has 13 nitrogen and oxygen atoms in total. The van der Waals surface area contributed by atoms with Crippen molar-refractivity contribution in [3.05, 3.63) is 77.9 Å². The number of carbonyl (C=O) groups excluding carboxylic acids is 3. The molecule has 3 aromatic carbocycles. The first-order valence-corrected chi connectivity index (χ1v) is 19.3. The molecule has 1 saturated carbocycles. The van der Waals surface area contributed by atoms with Crippen LogP contribution in [0.4, 0.5) is 10.5 Å². The van der Waals surface area contributed by atoms with Crippen molar-refractivity contribution in [3.8, 4) is 22.5 Å². The first-order valence-electron chi connectivity index (χ1n) is 17.9. The van der Waals surface area contributed by atoms with Gasteiger partial charge in [-0.25, -0.2) is 17.5 Å². The van der Waals surface area contributed by atoms with Crippen LogP contribution in [0.25, 0.3) is 22.5 Å². The summed E-state index contributed by atoms with van der Waals surface area (Å²) in [4.78, 5) is 40.1. The molecule has 0 aliphatic heterocycles. The van der Waals surface area contributed by atoms with E-state index in [0.29, 0.717) is 37.3 Å². The van der Waals surface area contributed by atoms with E-state index in [0.717, 1.165) is 40.7 Å². The lowest BCUT2D eigenvalue weighted by Gasteiger charge is -2.29. The summed E-state index contributed by atoms with van der Waals surface area (Å²) in [6.45, 7) is 7.88. The molecule has 282 valence electrons. The molecule has 53 heavy (non-hydrogen) atoms. The quantitative estimate of drug-likeness (QED) is 0.144. The minimum Gasteiger partial charge on any atom is -0.444 e. The topological polar surface area (TPSA) is 176 Å². The van der Waals surface area contributed by atoms with E-state index in [-0.39, 0.29) is 34.8 Å². The normalized spacial score (nSPS) is 16.9. The molecule has 5 rings (SSSR count). The van der Waals surface area contributed by atoms with E-state index in [1.807, 2.05) is 52.0 Å². The molecule has 1 aliphatic carbocycles. The molecule has 0 spiro atoms. The highest BCUT2D eigenvalue weighted by atomic mass is 32.2. The standard InChI is InChI=1S/C39H49N7O6S/c1-25-10-19-33(53(50,51)46(5)6)23-34(25)30-9-7-8-27(20-30)21-31(37(48)41-32-17-15-29(16-18-32)36-42-44-45-43-36)22-35(47)28-13-11-26(12-14-28)24-40-38(49)52-39(2,3)4/h7-10,15-20,23,26,28,31H,11-14,21-22,24H2,1-6H3,(H,40,49)(H,41,48)(H,42,43,44,45)/t26?,28?,31-/m1/s1. The number of ether oxygens (including phenoxy) is 1. The zero-order chi connectivity index (χ0) is 38.3. The van der Waals surface area contributed by atoms with Crippen LogP contribution in [0.3, 0.4) is 0 Å². The molecule has 0 radical (unpaired) electrons. The zero-order valence-corrected chi connectivity index (χ0v) is 32.0. The average molecular weight is 744 g/mol. The minimum absolute atomic E-state index is 0.0461. The van der Waals surface area contributed by atoms with Gasteiger partial charge in [0, 0.05) is 50.1 Å². The average Bonchev–Trinajstić information content (AvgIpc) is 3.66. The number of amides is 2. The van der Waals surface area contributed by atoms with Crippen LogP contribution in [-0.4, -0.2) is 77.4 Å². The van der Waals surface area contributed by atoms with Crippen LogP contribution < -0.4 is 10.6 Å². The Labute approximate surface area is 311 Å². The number of alkyl carbamates (subject to hydrolysis) is 1. The van der Waals surface area contributed by atoms with Crippen molar-refractivity contribution in [1.29, 1.82) is 0 Å². The van der Waals surface area contributed by atoms with Crippen LogP contribution in [0.2, 0.25) is 0 Å². The van der Waals surface area contributed by atoms with Gasteiger partial charge in [-0.1, -0.05) is 30.3 Å². The van der Waals surface area contributed by atoms with Gasteiger partial charge >= 0.3 is 6.09 Å². The van der Waals surface area contributed by atoms with E-state index in [4.69, 9.17) is 4.74 Å². The molecular weight excluding hydrogens is 695 g/mol. The van der Waals surface area contributed by atoms with Gasteiger partial charge in [0.15, 0.2) is 0 Å². The van der Waals surface area contributed by atoms with Gasteiger partial charge in [-0.3, -0.25) is 9.59 Å². The zero-order valence-electron chi connectivity index (χ0n) is 31.2. The highest BCUT2D eigenvalue weighted by Crippen LogP contribution is 2.33. The summed E-state index contributed by atoms with van der Waals surface area (Å²) < 4.78 is 32.4. The van der Waals surface area contributed by atoms with E-state index < -0.39 is 27.6 Å². The molecule has 3 N–H and O–H groups in total. The van der Waals surface area contributed by atoms with Crippen LogP contribution >= 0.6 is 0 Å². The second-order valence-corrected chi connectivity index (χ2v) is 17.1. The summed E-state index contributed by atoms with van der Waals surface area (Å²) in [5.41, 5.74) is 4.07. The van der Waals surface area contributed by atoms with Crippen molar-refractivity contribution in [2.45, 2.75) is 76.7 Å². The third kappa shape index (κ3) is 10.6. The van der Waals surface area contributed by atoms with Crippen molar-refractivity contribution in [2.75, 3.05) is 26.0 Å². The number of hydrogen-bond acceptors (Lipinski definition) is 9. The number of sulfonamides is 1. The van der Waals surface area contributed by atoms with Crippen LogP contribution in [0.1, 0.15) is 64.0 Å². The van der Waals surface area contributed by atoms with Crippen molar-refractivity contribution in [2.24, 2.45) is 17.8 Å². The second kappa shape index (κ2) is 16.8. The highest BCUT2D eigenvalue weighted by Gasteiger charge is 2.31. The Kier molecular flexibility index (Phi) is 12.4. The molecule has 0 bridgehead atoms. The number of aromatic amines is 1. The van der Waals surface area contributed by atoms with Crippen LogP contribution in [0.5, 0.6) is 0 Å². The Morgan fingerprint density at radius 3 is 2.32 bits per heavy atom. The lowest BCUT2D eigenvalue weighted by Crippen LogP contribution is -2.37. The largest absolute Gasteiger partial charge is 0.444 e. The van der Waals surface area contributed by atoms with E-state index in [9.17, 15) is 22.8 Å². The van der Waals surface area contributed by atoms with E-state index >= 15 is 0 Å². The smallest absolute Gasteiger partial charge is 0.407 e. The second-order valence-electron chi connectivity index (χ2n) is 14.9. The number of carbonyl (C=O) groups is 3. The summed E-state index contributed by atoms with van der Waals surface area (Å²) in [5, 5.41) is 19.9.